The van der Waals surface area contributed by atoms with Crippen molar-refractivity contribution in [1.29, 1.82) is 0 Å². The average molecular weight is 246 g/mol. The number of carbonyl (C=O) groups is 2. The fourth-order valence-electron chi connectivity index (χ4n) is 2.18. The lowest BCUT2D eigenvalue weighted by Gasteiger charge is -2.26. The van der Waals surface area contributed by atoms with Crippen molar-refractivity contribution in [3.8, 4) is 0 Å². The second-order valence-electron chi connectivity index (χ2n) is 4.28. The SMILES string of the molecule is COC(=O)C1(C(=O)OC)CC[C@H](O)[C@@H](O)CC1. The summed E-state index contributed by atoms with van der Waals surface area (Å²) in [5.41, 5.74) is -1.40. The molecule has 0 aliphatic heterocycles. The fraction of sp³-hybridized carbons (Fsp3) is 0.818. The van der Waals surface area contributed by atoms with Gasteiger partial charge in [-0.1, -0.05) is 0 Å². The molecule has 0 unspecified atom stereocenters. The Hall–Kier alpha value is -1.14. The van der Waals surface area contributed by atoms with E-state index in [4.69, 9.17) is 0 Å². The Morgan fingerprint density at radius 3 is 1.65 bits per heavy atom. The first-order valence-electron chi connectivity index (χ1n) is 5.51. The van der Waals surface area contributed by atoms with Crippen LogP contribution in [0.15, 0.2) is 0 Å². The minimum absolute atomic E-state index is 0.116. The van der Waals surface area contributed by atoms with Gasteiger partial charge in [0.2, 0.25) is 0 Å². The Balaban J connectivity index is 2.99. The molecule has 17 heavy (non-hydrogen) atoms. The zero-order valence-corrected chi connectivity index (χ0v) is 10.0. The number of hydrogen-bond acceptors (Lipinski definition) is 6. The summed E-state index contributed by atoms with van der Waals surface area (Å²) in [4.78, 5) is 23.5. The summed E-state index contributed by atoms with van der Waals surface area (Å²) in [5, 5.41) is 19.1. The van der Waals surface area contributed by atoms with Crippen LogP contribution in [0, 0.1) is 5.41 Å². The Bertz CT molecular complexity index is 270. The zero-order valence-electron chi connectivity index (χ0n) is 10.0. The maximum absolute atomic E-state index is 11.8. The molecule has 1 rings (SSSR count). The second-order valence-corrected chi connectivity index (χ2v) is 4.28. The molecule has 0 bridgehead atoms. The van der Waals surface area contributed by atoms with Crippen molar-refractivity contribution < 1.29 is 29.3 Å². The molecule has 0 aromatic carbocycles. The van der Waals surface area contributed by atoms with Gasteiger partial charge in [0, 0.05) is 0 Å². The Labute approximate surface area is 99.5 Å². The highest BCUT2D eigenvalue weighted by Gasteiger charge is 2.50. The van der Waals surface area contributed by atoms with Crippen LogP contribution in [0.2, 0.25) is 0 Å². The molecule has 1 aliphatic carbocycles. The van der Waals surface area contributed by atoms with E-state index in [0.717, 1.165) is 0 Å². The Morgan fingerprint density at radius 2 is 1.35 bits per heavy atom. The van der Waals surface area contributed by atoms with Crippen molar-refractivity contribution >= 4 is 11.9 Å². The third kappa shape index (κ3) is 2.58. The maximum Gasteiger partial charge on any atom is 0.323 e. The highest BCUT2D eigenvalue weighted by atomic mass is 16.5. The van der Waals surface area contributed by atoms with Gasteiger partial charge in [0.1, 0.15) is 0 Å². The molecule has 0 saturated heterocycles. The molecule has 0 amide bonds. The first-order chi connectivity index (χ1) is 7.97. The van der Waals surface area contributed by atoms with Gasteiger partial charge in [-0.3, -0.25) is 9.59 Å². The summed E-state index contributed by atoms with van der Waals surface area (Å²) in [6.07, 6.45) is -1.30. The number of esters is 2. The number of aliphatic hydroxyl groups excluding tert-OH is 2. The topological polar surface area (TPSA) is 93.1 Å². The lowest BCUT2D eigenvalue weighted by Crippen LogP contribution is -2.41. The summed E-state index contributed by atoms with van der Waals surface area (Å²) >= 11 is 0. The molecule has 0 aromatic heterocycles. The second kappa shape index (κ2) is 5.46. The minimum Gasteiger partial charge on any atom is -0.468 e. The number of hydrogen-bond donors (Lipinski definition) is 2. The molecule has 0 radical (unpaired) electrons. The molecular weight excluding hydrogens is 228 g/mol. The van der Waals surface area contributed by atoms with Crippen LogP contribution < -0.4 is 0 Å². The van der Waals surface area contributed by atoms with Crippen LogP contribution in [0.4, 0.5) is 0 Å². The molecule has 2 N–H and O–H groups in total. The number of aliphatic hydroxyl groups is 2. The van der Waals surface area contributed by atoms with E-state index in [2.05, 4.69) is 9.47 Å². The van der Waals surface area contributed by atoms with Crippen LogP contribution in [0.1, 0.15) is 25.7 Å². The number of rotatable bonds is 2. The molecule has 1 aliphatic rings. The lowest BCUT2D eigenvalue weighted by molar-refractivity contribution is -0.170. The number of carbonyl (C=O) groups excluding carboxylic acids is 2. The molecule has 98 valence electrons. The molecule has 0 spiro atoms. The predicted octanol–water partition coefficient (Wildman–Crippen LogP) is -0.385. The van der Waals surface area contributed by atoms with Crippen LogP contribution in [0.3, 0.4) is 0 Å². The highest BCUT2D eigenvalue weighted by Crippen LogP contribution is 2.37. The molecular formula is C11H18O6. The van der Waals surface area contributed by atoms with E-state index in [0.29, 0.717) is 0 Å². The van der Waals surface area contributed by atoms with E-state index >= 15 is 0 Å². The normalized spacial score (nSPS) is 28.0. The summed E-state index contributed by atoms with van der Waals surface area (Å²) in [6, 6.07) is 0. The van der Waals surface area contributed by atoms with Crippen molar-refractivity contribution in [2.75, 3.05) is 14.2 Å². The molecule has 1 fully saturated rings. The van der Waals surface area contributed by atoms with Crippen molar-refractivity contribution in [2.24, 2.45) is 5.41 Å². The molecule has 2 atom stereocenters. The predicted molar refractivity (Wildman–Crippen MR) is 56.9 cm³/mol. The minimum atomic E-state index is -1.40. The van der Waals surface area contributed by atoms with Crippen molar-refractivity contribution in [2.45, 2.75) is 37.9 Å². The number of ether oxygens (including phenoxy) is 2. The van der Waals surface area contributed by atoms with Gasteiger partial charge in [-0.05, 0) is 25.7 Å². The zero-order chi connectivity index (χ0) is 13.1. The smallest absolute Gasteiger partial charge is 0.323 e. The van der Waals surface area contributed by atoms with Crippen molar-refractivity contribution in [3.05, 3.63) is 0 Å². The molecule has 1 saturated carbocycles. The van der Waals surface area contributed by atoms with Gasteiger partial charge in [0.15, 0.2) is 5.41 Å². The van der Waals surface area contributed by atoms with E-state index in [1.165, 1.54) is 14.2 Å². The van der Waals surface area contributed by atoms with Gasteiger partial charge in [-0.25, -0.2) is 0 Å². The summed E-state index contributed by atoms with van der Waals surface area (Å²) in [6.45, 7) is 0. The first-order valence-corrected chi connectivity index (χ1v) is 5.51. The third-order valence-electron chi connectivity index (χ3n) is 3.33. The highest BCUT2D eigenvalue weighted by molar-refractivity contribution is 6.00. The van der Waals surface area contributed by atoms with E-state index in [1.807, 2.05) is 0 Å². The van der Waals surface area contributed by atoms with Gasteiger partial charge in [0.25, 0.3) is 0 Å². The molecule has 6 nitrogen and oxygen atoms in total. The first kappa shape index (κ1) is 13.9. The van der Waals surface area contributed by atoms with Crippen LogP contribution in [-0.2, 0) is 19.1 Å². The standard InChI is InChI=1S/C11H18O6/c1-16-9(14)11(10(15)17-2)5-3-7(12)8(13)4-6-11/h7-8,12-13H,3-6H2,1-2H3/t7-,8-/m0/s1. The van der Waals surface area contributed by atoms with Gasteiger partial charge >= 0.3 is 11.9 Å². The van der Waals surface area contributed by atoms with Crippen LogP contribution in [0.5, 0.6) is 0 Å². The van der Waals surface area contributed by atoms with E-state index in [9.17, 15) is 19.8 Å². The van der Waals surface area contributed by atoms with E-state index in [-0.39, 0.29) is 25.7 Å². The molecule has 0 heterocycles. The molecule has 0 aromatic rings. The van der Waals surface area contributed by atoms with Crippen LogP contribution in [-0.4, -0.2) is 48.6 Å². The van der Waals surface area contributed by atoms with E-state index in [1.54, 1.807) is 0 Å². The lowest BCUT2D eigenvalue weighted by atomic mass is 9.80. The van der Waals surface area contributed by atoms with Gasteiger partial charge in [0.05, 0.1) is 26.4 Å². The average Bonchev–Trinajstić information content (AvgIpc) is 2.50. The maximum atomic E-state index is 11.8. The number of methoxy groups -OCH3 is 2. The Morgan fingerprint density at radius 1 is 1.00 bits per heavy atom. The third-order valence-corrected chi connectivity index (χ3v) is 3.33. The van der Waals surface area contributed by atoms with Gasteiger partial charge in [-0.15, -0.1) is 0 Å². The summed E-state index contributed by atoms with van der Waals surface area (Å²) in [7, 11) is 2.40. The quantitative estimate of drug-likeness (QED) is 0.392. The van der Waals surface area contributed by atoms with Crippen molar-refractivity contribution in [1.82, 2.24) is 0 Å². The van der Waals surface area contributed by atoms with Gasteiger partial charge in [-0.2, -0.15) is 0 Å². The fourth-order valence-corrected chi connectivity index (χ4v) is 2.18. The van der Waals surface area contributed by atoms with Gasteiger partial charge < -0.3 is 19.7 Å². The Kier molecular flexibility index (Phi) is 4.47. The van der Waals surface area contributed by atoms with Crippen molar-refractivity contribution in [3.63, 3.8) is 0 Å². The van der Waals surface area contributed by atoms with Crippen LogP contribution in [0.25, 0.3) is 0 Å². The molecule has 6 heteroatoms. The largest absolute Gasteiger partial charge is 0.468 e. The summed E-state index contributed by atoms with van der Waals surface area (Å²) in [5.74, 6) is -1.35. The summed E-state index contributed by atoms with van der Waals surface area (Å²) < 4.78 is 9.28. The van der Waals surface area contributed by atoms with E-state index < -0.39 is 29.6 Å². The monoisotopic (exact) mass is 246 g/mol. The van der Waals surface area contributed by atoms with Crippen LogP contribution >= 0.6 is 0 Å².